The number of nitriles is 2. The van der Waals surface area contributed by atoms with Crippen molar-refractivity contribution in [2.45, 2.75) is 24.7 Å². The number of rotatable bonds is 7. The number of halogens is 1. The quantitative estimate of drug-likeness (QED) is 0.327. The van der Waals surface area contributed by atoms with Crippen molar-refractivity contribution in [3.05, 3.63) is 113 Å². The average molecular weight is 495 g/mol. The predicted molar refractivity (Wildman–Crippen MR) is 141 cm³/mol. The summed E-state index contributed by atoms with van der Waals surface area (Å²) in [5.74, 6) is -2.32. The van der Waals surface area contributed by atoms with Gasteiger partial charge in [-0.15, -0.1) is 0 Å². The average Bonchev–Trinajstić information content (AvgIpc) is 2.93. The van der Waals surface area contributed by atoms with Gasteiger partial charge in [0.1, 0.15) is 5.92 Å². The number of esters is 1. The molecular formula is C31H27ClN2O2. The number of carbonyl (C=O) groups excluding carboxylic acids is 1. The molecule has 1 aliphatic carbocycles. The Balaban J connectivity index is 1.98. The van der Waals surface area contributed by atoms with Crippen molar-refractivity contribution in [2.24, 2.45) is 17.8 Å². The van der Waals surface area contributed by atoms with Crippen LogP contribution in [0, 0.1) is 40.4 Å². The van der Waals surface area contributed by atoms with Gasteiger partial charge in [-0.3, -0.25) is 4.79 Å². The van der Waals surface area contributed by atoms with E-state index in [9.17, 15) is 15.3 Å². The highest BCUT2D eigenvalue weighted by Gasteiger charge is 2.45. The van der Waals surface area contributed by atoms with Gasteiger partial charge in [0.25, 0.3) is 0 Å². The summed E-state index contributed by atoms with van der Waals surface area (Å²) in [6, 6.07) is 31.9. The van der Waals surface area contributed by atoms with Crippen LogP contribution in [0.5, 0.6) is 0 Å². The van der Waals surface area contributed by atoms with Gasteiger partial charge in [0.05, 0.1) is 25.7 Å². The molecule has 3 aromatic carbocycles. The molecule has 0 unspecified atom stereocenters. The Morgan fingerprint density at radius 1 is 0.972 bits per heavy atom. The number of hydrogen-bond acceptors (Lipinski definition) is 4. The first-order chi connectivity index (χ1) is 17.6. The number of nitrogens with zero attached hydrogens (tertiary/aromatic N) is 2. The van der Waals surface area contributed by atoms with Gasteiger partial charge >= 0.3 is 5.97 Å². The van der Waals surface area contributed by atoms with Crippen LogP contribution in [0.25, 0.3) is 5.57 Å². The van der Waals surface area contributed by atoms with E-state index in [1.807, 2.05) is 84.9 Å². The smallest absolute Gasteiger partial charge is 0.306 e. The van der Waals surface area contributed by atoms with Crippen LogP contribution in [0.15, 0.2) is 91.0 Å². The SMILES string of the molecule is COC(=O)C[C@H]1C(c2ccccc2)=CC[C@@H](c2ccccc2Cl)[C@@H]1[C@H](c1ccccc1)C(C#N)C#N. The lowest BCUT2D eigenvalue weighted by molar-refractivity contribution is -0.141. The van der Waals surface area contributed by atoms with Gasteiger partial charge in [-0.1, -0.05) is 96.5 Å². The molecule has 0 fully saturated rings. The number of carbonyl (C=O) groups is 1. The third-order valence-corrected chi connectivity index (χ3v) is 7.53. The highest BCUT2D eigenvalue weighted by atomic mass is 35.5. The van der Waals surface area contributed by atoms with Crippen LogP contribution < -0.4 is 0 Å². The van der Waals surface area contributed by atoms with Crippen LogP contribution in [0.1, 0.15) is 41.4 Å². The molecule has 0 aliphatic heterocycles. The fourth-order valence-corrected chi connectivity index (χ4v) is 5.91. The Morgan fingerprint density at radius 3 is 2.19 bits per heavy atom. The van der Waals surface area contributed by atoms with Gasteiger partial charge in [0, 0.05) is 10.9 Å². The summed E-state index contributed by atoms with van der Waals surface area (Å²) in [6.45, 7) is 0. The molecule has 1 aliphatic rings. The number of ether oxygens (including phenoxy) is 1. The third-order valence-electron chi connectivity index (χ3n) is 7.18. The number of benzene rings is 3. The van der Waals surface area contributed by atoms with E-state index in [-0.39, 0.29) is 30.1 Å². The maximum atomic E-state index is 12.8. The molecule has 0 aromatic heterocycles. The molecule has 0 saturated carbocycles. The van der Waals surface area contributed by atoms with Crippen molar-refractivity contribution in [3.63, 3.8) is 0 Å². The molecule has 180 valence electrons. The summed E-state index contributed by atoms with van der Waals surface area (Å²) in [5, 5.41) is 20.8. The molecule has 0 radical (unpaired) electrons. The van der Waals surface area contributed by atoms with Crippen molar-refractivity contribution in [1.29, 1.82) is 10.5 Å². The van der Waals surface area contributed by atoms with Gasteiger partial charge < -0.3 is 4.74 Å². The van der Waals surface area contributed by atoms with E-state index < -0.39 is 11.8 Å². The highest BCUT2D eigenvalue weighted by molar-refractivity contribution is 6.31. The Labute approximate surface area is 217 Å². The van der Waals surface area contributed by atoms with Gasteiger partial charge in [-0.25, -0.2) is 0 Å². The normalized spacial score (nSPS) is 20.0. The second-order valence-electron chi connectivity index (χ2n) is 9.03. The summed E-state index contributed by atoms with van der Waals surface area (Å²) in [7, 11) is 1.39. The third kappa shape index (κ3) is 5.20. The van der Waals surface area contributed by atoms with Gasteiger partial charge in [0.15, 0.2) is 0 Å². The van der Waals surface area contributed by atoms with E-state index >= 15 is 0 Å². The highest BCUT2D eigenvalue weighted by Crippen LogP contribution is 2.54. The molecule has 0 N–H and O–H groups in total. The van der Waals surface area contributed by atoms with Gasteiger partial charge in [0.2, 0.25) is 0 Å². The summed E-state index contributed by atoms with van der Waals surface area (Å²) in [4.78, 5) is 12.8. The first kappa shape index (κ1) is 25.2. The van der Waals surface area contributed by atoms with E-state index in [0.717, 1.165) is 22.3 Å². The zero-order valence-electron chi connectivity index (χ0n) is 20.1. The van der Waals surface area contributed by atoms with E-state index in [2.05, 4.69) is 18.2 Å². The topological polar surface area (TPSA) is 73.9 Å². The molecule has 3 aromatic rings. The second kappa shape index (κ2) is 11.7. The molecule has 36 heavy (non-hydrogen) atoms. The zero-order valence-corrected chi connectivity index (χ0v) is 20.8. The van der Waals surface area contributed by atoms with Gasteiger partial charge in [-0.2, -0.15) is 10.5 Å². The molecule has 0 heterocycles. The minimum absolute atomic E-state index is 0.102. The lowest BCUT2D eigenvalue weighted by Crippen LogP contribution is -2.36. The number of methoxy groups -OCH3 is 1. The molecule has 4 atom stereocenters. The summed E-state index contributed by atoms with van der Waals surface area (Å²) in [5.41, 5.74) is 3.91. The Morgan fingerprint density at radius 2 is 1.58 bits per heavy atom. The fraction of sp³-hybridized carbons (Fsp3) is 0.258. The fourth-order valence-electron chi connectivity index (χ4n) is 5.63. The van der Waals surface area contributed by atoms with Gasteiger partial charge in [-0.05, 0) is 52.5 Å². The lowest BCUT2D eigenvalue weighted by atomic mass is 9.59. The molecule has 0 spiro atoms. The van der Waals surface area contributed by atoms with Crippen molar-refractivity contribution >= 4 is 23.1 Å². The Hall–Kier alpha value is -3.86. The molecule has 4 rings (SSSR count). The summed E-state index contributed by atoms with van der Waals surface area (Å²) in [6.07, 6.45) is 2.99. The monoisotopic (exact) mass is 494 g/mol. The molecule has 0 amide bonds. The molecular weight excluding hydrogens is 468 g/mol. The number of hydrogen-bond donors (Lipinski definition) is 0. The minimum atomic E-state index is -0.905. The van der Waals surface area contributed by atoms with E-state index in [4.69, 9.17) is 16.3 Å². The van der Waals surface area contributed by atoms with Crippen molar-refractivity contribution < 1.29 is 9.53 Å². The summed E-state index contributed by atoms with van der Waals surface area (Å²) < 4.78 is 5.13. The van der Waals surface area contributed by atoms with E-state index in [1.165, 1.54) is 7.11 Å². The Bertz CT molecular complexity index is 1290. The van der Waals surface area contributed by atoms with Crippen molar-refractivity contribution in [1.82, 2.24) is 0 Å². The number of allylic oxidation sites excluding steroid dienone is 2. The molecule has 0 saturated heterocycles. The van der Waals surface area contributed by atoms with Crippen molar-refractivity contribution in [2.75, 3.05) is 7.11 Å². The Kier molecular flexibility index (Phi) is 8.21. The first-order valence-electron chi connectivity index (χ1n) is 12.0. The molecule has 5 heteroatoms. The minimum Gasteiger partial charge on any atom is -0.469 e. The van der Waals surface area contributed by atoms with Crippen LogP contribution in [0.4, 0.5) is 0 Å². The van der Waals surface area contributed by atoms with Crippen LogP contribution in [0.3, 0.4) is 0 Å². The predicted octanol–water partition coefficient (Wildman–Crippen LogP) is 7.15. The first-order valence-corrected chi connectivity index (χ1v) is 12.4. The van der Waals surface area contributed by atoms with E-state index in [1.54, 1.807) is 0 Å². The summed E-state index contributed by atoms with van der Waals surface area (Å²) >= 11 is 6.71. The maximum Gasteiger partial charge on any atom is 0.306 e. The largest absolute Gasteiger partial charge is 0.469 e. The van der Waals surface area contributed by atoms with Crippen LogP contribution in [-0.4, -0.2) is 13.1 Å². The molecule has 0 bridgehead atoms. The van der Waals surface area contributed by atoms with Crippen LogP contribution in [-0.2, 0) is 9.53 Å². The van der Waals surface area contributed by atoms with Crippen molar-refractivity contribution in [3.8, 4) is 12.1 Å². The standard InChI is InChI=1S/C31H27ClN2O2/c1-36-29(35)18-27-24(21-10-4-2-5-11-21)16-17-26(25-14-8-9-15-28(25)32)31(27)30(23(19-33)20-34)22-12-6-3-7-13-22/h2-16,23,26-27,30-31H,17-18H2,1H3/t26-,27-,30+,31-/m0/s1. The van der Waals surface area contributed by atoms with Crippen LogP contribution >= 0.6 is 11.6 Å². The second-order valence-corrected chi connectivity index (χ2v) is 9.43. The van der Waals surface area contributed by atoms with Crippen LogP contribution in [0.2, 0.25) is 5.02 Å². The van der Waals surface area contributed by atoms with E-state index in [0.29, 0.717) is 11.4 Å². The maximum absolute atomic E-state index is 12.8. The molecule has 4 nitrogen and oxygen atoms in total. The lowest BCUT2D eigenvalue weighted by Gasteiger charge is -2.44. The zero-order chi connectivity index (χ0) is 25.5.